The van der Waals surface area contributed by atoms with Crippen LogP contribution < -0.4 is 5.73 Å². The normalized spacial score (nSPS) is 21.4. The molecule has 1 aromatic rings. The molecule has 1 aliphatic heterocycles. The number of thiazole rings is 1. The van der Waals surface area contributed by atoms with Crippen LogP contribution in [-0.2, 0) is 11.2 Å². The van der Waals surface area contributed by atoms with Crippen molar-refractivity contribution in [2.24, 2.45) is 11.7 Å². The molecule has 0 aliphatic carbocycles. The van der Waals surface area contributed by atoms with Gasteiger partial charge in [0.15, 0.2) is 0 Å². The van der Waals surface area contributed by atoms with Gasteiger partial charge in [0, 0.05) is 24.0 Å². The minimum absolute atomic E-state index is 0. The van der Waals surface area contributed by atoms with E-state index in [1.54, 1.807) is 0 Å². The third-order valence-electron chi connectivity index (χ3n) is 3.75. The quantitative estimate of drug-likeness (QED) is 0.839. The minimum atomic E-state index is -4.29. The van der Waals surface area contributed by atoms with Crippen LogP contribution in [0.3, 0.4) is 0 Å². The summed E-state index contributed by atoms with van der Waals surface area (Å²) in [4.78, 5) is 18.8. The molecule has 10 heteroatoms. The summed E-state index contributed by atoms with van der Waals surface area (Å²) in [7, 11) is 0. The molecule has 0 saturated carbocycles. The van der Waals surface area contributed by atoms with E-state index in [0.29, 0.717) is 5.69 Å². The number of rotatable bonds is 2. The summed E-state index contributed by atoms with van der Waals surface area (Å²) < 4.78 is 38.2. The molecule has 2 heterocycles. The molecule has 134 valence electrons. The number of carbonyl (C=O) groups is 1. The van der Waals surface area contributed by atoms with Crippen molar-refractivity contribution in [3.63, 3.8) is 0 Å². The Labute approximate surface area is 149 Å². The molecule has 1 aliphatic rings. The van der Waals surface area contributed by atoms with Crippen molar-refractivity contribution in [1.29, 1.82) is 0 Å². The highest BCUT2D eigenvalue weighted by molar-refractivity contribution is 7.11. The zero-order valence-corrected chi connectivity index (χ0v) is 15.2. The number of piperidine rings is 1. The molecular weight excluding hydrogens is 374 g/mol. The number of likely N-dealkylation sites (tertiary alicyclic amines) is 1. The van der Waals surface area contributed by atoms with Crippen LogP contribution in [0, 0.1) is 19.8 Å². The predicted molar refractivity (Wildman–Crippen MR) is 88.5 cm³/mol. The number of hydrogen-bond donors (Lipinski definition) is 1. The number of carbonyl (C=O) groups excluding carboxylic acids is 1. The van der Waals surface area contributed by atoms with Gasteiger partial charge in [-0.15, -0.1) is 36.2 Å². The van der Waals surface area contributed by atoms with Crippen molar-refractivity contribution < 1.29 is 18.0 Å². The van der Waals surface area contributed by atoms with Crippen molar-refractivity contribution in [3.05, 3.63) is 15.6 Å². The Morgan fingerprint density at radius 1 is 1.39 bits per heavy atom. The zero-order valence-electron chi connectivity index (χ0n) is 12.7. The second-order valence-electron chi connectivity index (χ2n) is 5.35. The molecule has 2 unspecified atom stereocenters. The Balaban J connectivity index is 0.00000242. The fourth-order valence-electron chi connectivity index (χ4n) is 2.61. The van der Waals surface area contributed by atoms with Crippen molar-refractivity contribution >= 4 is 42.1 Å². The molecule has 4 nitrogen and oxygen atoms in total. The lowest BCUT2D eigenvalue weighted by atomic mass is 9.91. The zero-order chi connectivity index (χ0) is 15.8. The molecule has 23 heavy (non-hydrogen) atoms. The molecular formula is C13H20Cl2F3N3OS. The first-order valence-electron chi connectivity index (χ1n) is 6.71. The van der Waals surface area contributed by atoms with Gasteiger partial charge in [0.2, 0.25) is 5.91 Å². The monoisotopic (exact) mass is 393 g/mol. The maximum atomic E-state index is 12.7. The standard InChI is InChI=1S/C13H18F3N3OS.2ClH/c1-7-11(18-8(2)21-7)5-12(20)19-4-3-9(10(17)6-19)13(14,15)16;;/h9-10H,3-6,17H2,1-2H3;2*1H. The van der Waals surface area contributed by atoms with Crippen molar-refractivity contribution in [2.75, 3.05) is 13.1 Å². The van der Waals surface area contributed by atoms with Gasteiger partial charge in [-0.3, -0.25) is 4.79 Å². The van der Waals surface area contributed by atoms with E-state index in [2.05, 4.69) is 4.98 Å². The number of aryl methyl sites for hydroxylation is 2. The van der Waals surface area contributed by atoms with Crippen LogP contribution in [-0.4, -0.2) is 41.1 Å². The van der Waals surface area contributed by atoms with Crippen LogP contribution in [0.15, 0.2) is 0 Å². The summed E-state index contributed by atoms with van der Waals surface area (Å²) in [6.07, 6.45) is -4.30. The van der Waals surface area contributed by atoms with Gasteiger partial charge in [-0.2, -0.15) is 13.2 Å². The summed E-state index contributed by atoms with van der Waals surface area (Å²) in [5, 5.41) is 0.878. The van der Waals surface area contributed by atoms with Crippen LogP contribution in [0.2, 0.25) is 0 Å². The highest BCUT2D eigenvalue weighted by Crippen LogP contribution is 2.33. The number of alkyl halides is 3. The minimum Gasteiger partial charge on any atom is -0.341 e. The topological polar surface area (TPSA) is 59.2 Å². The van der Waals surface area contributed by atoms with E-state index in [1.807, 2.05) is 13.8 Å². The first kappa shape index (κ1) is 22.4. The molecule has 0 spiro atoms. The third kappa shape index (κ3) is 5.48. The van der Waals surface area contributed by atoms with Crippen LogP contribution in [0.5, 0.6) is 0 Å². The van der Waals surface area contributed by atoms with E-state index < -0.39 is 18.1 Å². The van der Waals surface area contributed by atoms with Crippen LogP contribution >= 0.6 is 36.2 Å². The second-order valence-corrected chi connectivity index (χ2v) is 6.76. The maximum Gasteiger partial charge on any atom is 0.393 e. The first-order chi connectivity index (χ1) is 9.68. The summed E-state index contributed by atoms with van der Waals surface area (Å²) in [5.41, 5.74) is 6.30. The number of halogens is 5. The fourth-order valence-corrected chi connectivity index (χ4v) is 3.44. The van der Waals surface area contributed by atoms with Crippen LogP contribution in [0.25, 0.3) is 0 Å². The van der Waals surface area contributed by atoms with Gasteiger partial charge in [0.1, 0.15) is 0 Å². The van der Waals surface area contributed by atoms with Crippen LogP contribution in [0.4, 0.5) is 13.2 Å². The van der Waals surface area contributed by atoms with Gasteiger partial charge in [0.05, 0.1) is 23.0 Å². The molecule has 0 radical (unpaired) electrons. The van der Waals surface area contributed by atoms with Gasteiger partial charge < -0.3 is 10.6 Å². The molecule has 1 amide bonds. The Bertz CT molecular complexity index is 539. The molecule has 0 bridgehead atoms. The average Bonchev–Trinajstić information content (AvgIpc) is 2.66. The molecule has 2 rings (SSSR count). The molecule has 1 aromatic heterocycles. The van der Waals surface area contributed by atoms with E-state index in [4.69, 9.17) is 5.73 Å². The van der Waals surface area contributed by atoms with E-state index in [9.17, 15) is 18.0 Å². The Morgan fingerprint density at radius 3 is 2.43 bits per heavy atom. The lowest BCUT2D eigenvalue weighted by Crippen LogP contribution is -2.54. The smallest absolute Gasteiger partial charge is 0.341 e. The Kier molecular flexibility index (Phi) is 8.29. The number of hydrogen-bond acceptors (Lipinski definition) is 4. The van der Waals surface area contributed by atoms with E-state index in [0.717, 1.165) is 9.88 Å². The average molecular weight is 394 g/mol. The van der Waals surface area contributed by atoms with Gasteiger partial charge in [-0.05, 0) is 20.3 Å². The first-order valence-corrected chi connectivity index (χ1v) is 7.53. The lowest BCUT2D eigenvalue weighted by Gasteiger charge is -2.37. The number of amides is 1. The predicted octanol–water partition coefficient (Wildman–Crippen LogP) is 2.88. The van der Waals surface area contributed by atoms with Gasteiger partial charge in [0.25, 0.3) is 0 Å². The van der Waals surface area contributed by atoms with Gasteiger partial charge >= 0.3 is 6.18 Å². The fraction of sp³-hybridized carbons (Fsp3) is 0.692. The Hall–Kier alpha value is -0.570. The molecule has 2 atom stereocenters. The summed E-state index contributed by atoms with van der Waals surface area (Å²) in [6, 6.07) is -1.05. The van der Waals surface area contributed by atoms with Crippen molar-refractivity contribution in [1.82, 2.24) is 9.88 Å². The van der Waals surface area contributed by atoms with Gasteiger partial charge in [-0.25, -0.2) is 4.98 Å². The lowest BCUT2D eigenvalue weighted by molar-refractivity contribution is -0.190. The molecule has 1 fully saturated rings. The van der Waals surface area contributed by atoms with Crippen molar-refractivity contribution in [2.45, 2.75) is 38.9 Å². The van der Waals surface area contributed by atoms with E-state index >= 15 is 0 Å². The highest BCUT2D eigenvalue weighted by Gasteiger charge is 2.46. The molecule has 1 saturated heterocycles. The largest absolute Gasteiger partial charge is 0.393 e. The molecule has 0 aromatic carbocycles. The second kappa shape index (κ2) is 8.50. The number of nitrogens with zero attached hydrogens (tertiary/aromatic N) is 2. The van der Waals surface area contributed by atoms with Crippen molar-refractivity contribution in [3.8, 4) is 0 Å². The maximum absolute atomic E-state index is 12.7. The van der Waals surface area contributed by atoms with Crippen LogP contribution in [0.1, 0.15) is 22.0 Å². The third-order valence-corrected chi connectivity index (χ3v) is 4.68. The van der Waals surface area contributed by atoms with E-state index in [-0.39, 0.29) is 56.7 Å². The van der Waals surface area contributed by atoms with E-state index in [1.165, 1.54) is 16.2 Å². The Morgan fingerprint density at radius 2 is 2.00 bits per heavy atom. The number of aromatic nitrogens is 1. The van der Waals surface area contributed by atoms with Gasteiger partial charge in [-0.1, -0.05) is 0 Å². The summed E-state index contributed by atoms with van der Waals surface area (Å²) >= 11 is 1.51. The SMILES string of the molecule is Cc1nc(CC(=O)N2CCC(C(F)(F)F)C(N)C2)c(C)s1.Cl.Cl. The molecule has 2 N–H and O–H groups in total. The number of nitrogens with two attached hydrogens (primary N) is 1. The summed E-state index contributed by atoms with van der Waals surface area (Å²) in [6.45, 7) is 3.79. The summed E-state index contributed by atoms with van der Waals surface area (Å²) in [5.74, 6) is -1.73. The highest BCUT2D eigenvalue weighted by atomic mass is 35.5.